The molecular formula is C10H10N2S. The van der Waals surface area contributed by atoms with Crippen molar-refractivity contribution in [2.45, 2.75) is 6.92 Å². The van der Waals surface area contributed by atoms with E-state index in [9.17, 15) is 0 Å². The predicted octanol–water partition coefficient (Wildman–Crippen LogP) is 2.79. The molecule has 0 radical (unpaired) electrons. The summed E-state index contributed by atoms with van der Waals surface area (Å²) in [6.45, 7) is 2.06. The van der Waals surface area contributed by atoms with Gasteiger partial charge in [-0.15, -0.1) is 11.3 Å². The third kappa shape index (κ3) is 1.21. The average molecular weight is 190 g/mol. The van der Waals surface area contributed by atoms with Crippen molar-refractivity contribution in [1.29, 1.82) is 5.41 Å². The van der Waals surface area contributed by atoms with Gasteiger partial charge >= 0.3 is 0 Å². The van der Waals surface area contributed by atoms with Gasteiger partial charge in [0, 0.05) is 32.4 Å². The SMILES string of the molecule is Cc1cc2c(N)c(C=N)ccc2s1. The van der Waals surface area contributed by atoms with Gasteiger partial charge in [0.15, 0.2) is 0 Å². The highest BCUT2D eigenvalue weighted by Crippen LogP contribution is 2.30. The second kappa shape index (κ2) is 2.85. The molecule has 0 spiro atoms. The number of hydrogen-bond donors (Lipinski definition) is 2. The van der Waals surface area contributed by atoms with Crippen molar-refractivity contribution in [2.24, 2.45) is 0 Å². The Labute approximate surface area is 80.5 Å². The lowest BCUT2D eigenvalue weighted by Gasteiger charge is -1.99. The number of fused-ring (bicyclic) bond motifs is 1. The molecule has 0 atom stereocenters. The molecule has 66 valence electrons. The third-order valence-corrected chi connectivity index (χ3v) is 3.07. The van der Waals surface area contributed by atoms with Crippen molar-refractivity contribution in [2.75, 3.05) is 5.73 Å². The van der Waals surface area contributed by atoms with E-state index in [1.165, 1.54) is 15.8 Å². The minimum absolute atomic E-state index is 0.719. The lowest BCUT2D eigenvalue weighted by Crippen LogP contribution is -1.92. The van der Waals surface area contributed by atoms with Crippen LogP contribution in [0, 0.1) is 12.3 Å². The molecule has 0 aliphatic rings. The topological polar surface area (TPSA) is 49.9 Å². The zero-order valence-corrected chi connectivity index (χ0v) is 8.11. The van der Waals surface area contributed by atoms with E-state index in [2.05, 4.69) is 13.0 Å². The van der Waals surface area contributed by atoms with Crippen molar-refractivity contribution in [3.8, 4) is 0 Å². The van der Waals surface area contributed by atoms with Gasteiger partial charge < -0.3 is 11.1 Å². The summed E-state index contributed by atoms with van der Waals surface area (Å²) >= 11 is 1.73. The maximum atomic E-state index is 7.16. The Morgan fingerprint density at radius 3 is 2.92 bits per heavy atom. The number of hydrogen-bond acceptors (Lipinski definition) is 3. The van der Waals surface area contributed by atoms with Crippen LogP contribution in [0.25, 0.3) is 10.1 Å². The van der Waals surface area contributed by atoms with Crippen molar-refractivity contribution < 1.29 is 0 Å². The van der Waals surface area contributed by atoms with Crippen LogP contribution in [-0.2, 0) is 0 Å². The monoisotopic (exact) mass is 190 g/mol. The van der Waals surface area contributed by atoms with Crippen molar-refractivity contribution >= 4 is 33.3 Å². The summed E-state index contributed by atoms with van der Waals surface area (Å²) in [6.07, 6.45) is 1.29. The van der Waals surface area contributed by atoms with E-state index in [-0.39, 0.29) is 0 Å². The fourth-order valence-corrected chi connectivity index (χ4v) is 2.34. The zero-order valence-electron chi connectivity index (χ0n) is 7.29. The fourth-order valence-electron chi connectivity index (χ4n) is 1.40. The molecule has 2 rings (SSSR count). The van der Waals surface area contributed by atoms with Crippen LogP contribution < -0.4 is 5.73 Å². The van der Waals surface area contributed by atoms with Gasteiger partial charge in [-0.25, -0.2) is 0 Å². The summed E-state index contributed by atoms with van der Waals surface area (Å²) in [5.74, 6) is 0. The summed E-state index contributed by atoms with van der Waals surface area (Å²) < 4.78 is 1.20. The first-order valence-corrected chi connectivity index (χ1v) is 4.83. The molecule has 2 aromatic rings. The number of nitrogens with one attached hydrogen (secondary N) is 1. The van der Waals surface area contributed by atoms with E-state index in [0.717, 1.165) is 16.6 Å². The number of benzene rings is 1. The molecule has 0 aliphatic heterocycles. The van der Waals surface area contributed by atoms with Gasteiger partial charge in [0.2, 0.25) is 0 Å². The average Bonchev–Trinajstić information content (AvgIpc) is 2.47. The number of nitrogens with two attached hydrogens (primary N) is 1. The molecule has 0 saturated carbocycles. The molecule has 1 aromatic carbocycles. The van der Waals surface area contributed by atoms with E-state index < -0.39 is 0 Å². The van der Waals surface area contributed by atoms with E-state index in [1.54, 1.807) is 11.3 Å². The lowest BCUT2D eigenvalue weighted by atomic mass is 10.1. The Bertz CT molecular complexity index is 471. The molecule has 0 amide bonds. The first-order valence-electron chi connectivity index (χ1n) is 4.01. The minimum atomic E-state index is 0.719. The van der Waals surface area contributed by atoms with Crippen LogP contribution in [0.2, 0.25) is 0 Å². The van der Waals surface area contributed by atoms with Crippen molar-refractivity contribution in [3.05, 3.63) is 28.6 Å². The molecule has 0 bridgehead atoms. The maximum absolute atomic E-state index is 7.16. The van der Waals surface area contributed by atoms with E-state index in [0.29, 0.717) is 0 Å². The van der Waals surface area contributed by atoms with Crippen molar-refractivity contribution in [3.63, 3.8) is 0 Å². The summed E-state index contributed by atoms with van der Waals surface area (Å²) in [5, 5.41) is 8.24. The van der Waals surface area contributed by atoms with Crippen LogP contribution in [0.3, 0.4) is 0 Å². The van der Waals surface area contributed by atoms with Crippen molar-refractivity contribution in [1.82, 2.24) is 0 Å². The Morgan fingerprint density at radius 2 is 2.23 bits per heavy atom. The molecule has 1 heterocycles. The highest BCUT2D eigenvalue weighted by Gasteiger charge is 2.04. The molecule has 1 aromatic heterocycles. The van der Waals surface area contributed by atoms with Gasteiger partial charge in [-0.2, -0.15) is 0 Å². The van der Waals surface area contributed by atoms with Crippen LogP contribution in [0.1, 0.15) is 10.4 Å². The standard InChI is InChI=1S/C10H10N2S/c1-6-4-8-9(13-6)3-2-7(5-11)10(8)12/h2-5,11H,12H2,1H3. The molecule has 0 fully saturated rings. The summed E-state index contributed by atoms with van der Waals surface area (Å²) in [4.78, 5) is 1.25. The van der Waals surface area contributed by atoms with Gasteiger partial charge in [-0.1, -0.05) is 0 Å². The summed E-state index contributed by atoms with van der Waals surface area (Å²) in [7, 11) is 0. The lowest BCUT2D eigenvalue weighted by molar-refractivity contribution is 1.55. The Morgan fingerprint density at radius 1 is 1.46 bits per heavy atom. The second-order valence-corrected chi connectivity index (χ2v) is 4.27. The zero-order chi connectivity index (χ0) is 9.42. The van der Waals surface area contributed by atoms with E-state index in [1.807, 2.05) is 12.1 Å². The Kier molecular flexibility index (Phi) is 1.81. The summed E-state index contributed by atoms with van der Waals surface area (Å²) in [5.41, 5.74) is 7.41. The molecule has 0 saturated heterocycles. The Hall–Kier alpha value is -1.35. The summed E-state index contributed by atoms with van der Waals surface area (Å²) in [6, 6.07) is 5.98. The van der Waals surface area contributed by atoms with E-state index in [4.69, 9.17) is 11.1 Å². The van der Waals surface area contributed by atoms with Gasteiger partial charge in [0.25, 0.3) is 0 Å². The molecular weight excluding hydrogens is 180 g/mol. The van der Waals surface area contributed by atoms with Crippen LogP contribution in [-0.4, -0.2) is 6.21 Å². The molecule has 0 aliphatic carbocycles. The van der Waals surface area contributed by atoms with Crippen LogP contribution >= 0.6 is 11.3 Å². The Balaban J connectivity index is 2.85. The molecule has 0 unspecified atom stereocenters. The largest absolute Gasteiger partial charge is 0.398 e. The smallest absolute Gasteiger partial charge is 0.0491 e. The normalized spacial score (nSPS) is 10.5. The highest BCUT2D eigenvalue weighted by atomic mass is 32.1. The quantitative estimate of drug-likeness (QED) is 0.527. The maximum Gasteiger partial charge on any atom is 0.0491 e. The first kappa shape index (κ1) is 8.26. The number of anilines is 1. The van der Waals surface area contributed by atoms with Gasteiger partial charge in [-0.3, -0.25) is 0 Å². The van der Waals surface area contributed by atoms with Gasteiger partial charge in [0.05, 0.1) is 0 Å². The molecule has 3 heteroatoms. The number of nitrogen functional groups attached to an aromatic ring is 1. The fraction of sp³-hybridized carbons (Fsp3) is 0.100. The second-order valence-electron chi connectivity index (χ2n) is 2.98. The third-order valence-electron chi connectivity index (χ3n) is 2.05. The molecule has 3 N–H and O–H groups in total. The van der Waals surface area contributed by atoms with Crippen LogP contribution in [0.4, 0.5) is 5.69 Å². The number of aryl methyl sites for hydroxylation is 1. The number of thiophene rings is 1. The van der Waals surface area contributed by atoms with Crippen LogP contribution in [0.15, 0.2) is 18.2 Å². The first-order chi connectivity index (χ1) is 6.22. The number of rotatable bonds is 1. The van der Waals surface area contributed by atoms with Gasteiger partial charge in [0.1, 0.15) is 0 Å². The van der Waals surface area contributed by atoms with Gasteiger partial charge in [-0.05, 0) is 25.1 Å². The molecule has 13 heavy (non-hydrogen) atoms. The predicted molar refractivity (Wildman–Crippen MR) is 58.9 cm³/mol. The minimum Gasteiger partial charge on any atom is -0.398 e. The van der Waals surface area contributed by atoms with E-state index >= 15 is 0 Å². The van der Waals surface area contributed by atoms with Crippen LogP contribution in [0.5, 0.6) is 0 Å². The highest BCUT2D eigenvalue weighted by molar-refractivity contribution is 7.19. The molecule has 2 nitrogen and oxygen atoms in total.